The number of hydrogen-bond acceptors (Lipinski definition) is 5. The lowest BCUT2D eigenvalue weighted by molar-refractivity contribution is 0.112. The number of aldehydes is 1. The zero-order valence-electron chi connectivity index (χ0n) is 11.0. The third-order valence-electron chi connectivity index (χ3n) is 2.91. The van der Waals surface area contributed by atoms with Crippen molar-refractivity contribution in [1.82, 2.24) is 9.78 Å². The summed E-state index contributed by atoms with van der Waals surface area (Å²) in [4.78, 5) is 11.2. The minimum Gasteiger partial charge on any atom is -0.497 e. The van der Waals surface area contributed by atoms with Crippen LogP contribution >= 0.6 is 0 Å². The molecule has 0 aliphatic carbocycles. The number of ether oxygens (including phenoxy) is 2. The number of rotatable bonds is 4. The molecule has 0 saturated heterocycles. The van der Waals surface area contributed by atoms with E-state index in [1.165, 1.54) is 4.68 Å². The Hall–Kier alpha value is -2.50. The molecule has 0 saturated carbocycles. The summed E-state index contributed by atoms with van der Waals surface area (Å²) >= 11 is 0. The van der Waals surface area contributed by atoms with E-state index in [1.54, 1.807) is 39.5 Å². The largest absolute Gasteiger partial charge is 0.497 e. The number of aryl methyl sites for hydroxylation is 1. The molecule has 1 heterocycles. The van der Waals surface area contributed by atoms with Crippen molar-refractivity contribution >= 4 is 12.1 Å². The zero-order valence-corrected chi connectivity index (χ0v) is 11.0. The van der Waals surface area contributed by atoms with Gasteiger partial charge in [0.25, 0.3) is 0 Å². The maximum absolute atomic E-state index is 11.2. The van der Waals surface area contributed by atoms with Gasteiger partial charge in [-0.25, -0.2) is 0 Å². The second-order valence-electron chi connectivity index (χ2n) is 3.96. The van der Waals surface area contributed by atoms with Crippen LogP contribution in [0.1, 0.15) is 10.4 Å². The fourth-order valence-electron chi connectivity index (χ4n) is 1.86. The minimum atomic E-state index is 0.322. The van der Waals surface area contributed by atoms with Gasteiger partial charge in [-0.15, -0.1) is 0 Å². The van der Waals surface area contributed by atoms with E-state index >= 15 is 0 Å². The van der Waals surface area contributed by atoms with Crippen molar-refractivity contribution in [3.63, 3.8) is 0 Å². The molecule has 0 aliphatic heterocycles. The Labute approximate surface area is 110 Å². The Bertz CT molecular complexity index is 620. The topological polar surface area (TPSA) is 79.4 Å². The van der Waals surface area contributed by atoms with Crippen LogP contribution in [0, 0.1) is 0 Å². The van der Waals surface area contributed by atoms with Gasteiger partial charge >= 0.3 is 0 Å². The predicted octanol–water partition coefficient (Wildman–Crippen LogP) is 1.50. The van der Waals surface area contributed by atoms with Gasteiger partial charge in [-0.05, 0) is 12.1 Å². The number of benzene rings is 1. The number of methoxy groups -OCH3 is 2. The first-order valence-corrected chi connectivity index (χ1v) is 5.62. The molecule has 0 spiro atoms. The third kappa shape index (κ3) is 2.12. The van der Waals surface area contributed by atoms with Gasteiger partial charge in [0.1, 0.15) is 23.0 Å². The molecule has 1 aromatic heterocycles. The molecule has 0 unspecified atom stereocenters. The highest BCUT2D eigenvalue weighted by Gasteiger charge is 2.18. The van der Waals surface area contributed by atoms with Crippen LogP contribution in [0.2, 0.25) is 0 Å². The fourth-order valence-corrected chi connectivity index (χ4v) is 1.86. The maximum atomic E-state index is 11.2. The lowest BCUT2D eigenvalue weighted by Crippen LogP contribution is -1.98. The summed E-state index contributed by atoms with van der Waals surface area (Å²) < 4.78 is 11.9. The fraction of sp³-hybridized carbons (Fsp3) is 0.231. The van der Waals surface area contributed by atoms with Gasteiger partial charge in [0.15, 0.2) is 6.29 Å². The van der Waals surface area contributed by atoms with Crippen molar-refractivity contribution in [3.05, 3.63) is 23.8 Å². The summed E-state index contributed by atoms with van der Waals surface area (Å²) in [5.41, 5.74) is 7.34. The molecule has 2 aromatic rings. The molecule has 0 fully saturated rings. The quantitative estimate of drug-likeness (QED) is 0.844. The number of carbonyl (C=O) groups is 1. The summed E-state index contributed by atoms with van der Waals surface area (Å²) in [5, 5.41) is 4.25. The molecule has 6 heteroatoms. The Balaban J connectivity index is 2.64. The van der Waals surface area contributed by atoms with E-state index in [4.69, 9.17) is 15.2 Å². The predicted molar refractivity (Wildman–Crippen MR) is 71.5 cm³/mol. The van der Waals surface area contributed by atoms with Crippen LogP contribution in [0.4, 0.5) is 5.82 Å². The molecule has 100 valence electrons. The van der Waals surface area contributed by atoms with Gasteiger partial charge in [-0.2, -0.15) is 5.10 Å². The van der Waals surface area contributed by atoms with E-state index in [0.29, 0.717) is 40.4 Å². The van der Waals surface area contributed by atoms with Gasteiger partial charge in [0.05, 0.1) is 19.8 Å². The molecule has 2 rings (SSSR count). The number of nitrogens with zero attached hydrogens (tertiary/aromatic N) is 2. The second kappa shape index (κ2) is 5.01. The molecule has 0 aliphatic rings. The maximum Gasteiger partial charge on any atom is 0.156 e. The van der Waals surface area contributed by atoms with Crippen molar-refractivity contribution < 1.29 is 14.3 Å². The standard InChI is InChI=1S/C13H15N3O3/c1-16-13(14)10(7-17)12(15-16)9-5-4-8(18-2)6-11(9)19-3/h4-7H,14H2,1-3H3. The van der Waals surface area contributed by atoms with E-state index in [9.17, 15) is 4.79 Å². The molecule has 0 amide bonds. The van der Waals surface area contributed by atoms with Crippen LogP contribution in [-0.4, -0.2) is 30.3 Å². The lowest BCUT2D eigenvalue weighted by atomic mass is 10.1. The average Bonchev–Trinajstić information content (AvgIpc) is 2.73. The van der Waals surface area contributed by atoms with E-state index in [2.05, 4.69) is 5.10 Å². The van der Waals surface area contributed by atoms with Gasteiger partial charge in [0.2, 0.25) is 0 Å². The van der Waals surface area contributed by atoms with E-state index in [0.717, 1.165) is 0 Å². The number of anilines is 1. The third-order valence-corrected chi connectivity index (χ3v) is 2.91. The molecular formula is C13H15N3O3. The number of hydrogen-bond donors (Lipinski definition) is 1. The smallest absolute Gasteiger partial charge is 0.156 e. The highest BCUT2D eigenvalue weighted by atomic mass is 16.5. The summed E-state index contributed by atoms with van der Waals surface area (Å²) in [7, 11) is 4.80. The van der Waals surface area contributed by atoms with Crippen LogP contribution in [-0.2, 0) is 7.05 Å². The van der Waals surface area contributed by atoms with Crippen molar-refractivity contribution in [3.8, 4) is 22.8 Å². The summed E-state index contributed by atoms with van der Waals surface area (Å²) in [6.45, 7) is 0. The van der Waals surface area contributed by atoms with Crippen molar-refractivity contribution in [2.24, 2.45) is 7.05 Å². The van der Waals surface area contributed by atoms with Crippen LogP contribution in [0.3, 0.4) is 0 Å². The van der Waals surface area contributed by atoms with Crippen LogP contribution in [0.25, 0.3) is 11.3 Å². The molecule has 0 radical (unpaired) electrons. The number of nitrogen functional groups attached to an aromatic ring is 1. The normalized spacial score (nSPS) is 10.3. The molecule has 0 bridgehead atoms. The van der Waals surface area contributed by atoms with Gasteiger partial charge in [0, 0.05) is 18.7 Å². The first-order valence-electron chi connectivity index (χ1n) is 5.62. The Morgan fingerprint density at radius 1 is 1.32 bits per heavy atom. The monoisotopic (exact) mass is 261 g/mol. The van der Waals surface area contributed by atoms with Crippen molar-refractivity contribution in [2.45, 2.75) is 0 Å². The Kier molecular flexibility index (Phi) is 3.41. The highest BCUT2D eigenvalue weighted by Crippen LogP contribution is 2.35. The molecule has 1 aromatic carbocycles. The minimum absolute atomic E-state index is 0.322. The first kappa shape index (κ1) is 12.9. The van der Waals surface area contributed by atoms with Crippen LogP contribution < -0.4 is 15.2 Å². The number of aromatic nitrogens is 2. The van der Waals surface area contributed by atoms with Crippen molar-refractivity contribution in [2.75, 3.05) is 20.0 Å². The Morgan fingerprint density at radius 3 is 2.63 bits per heavy atom. The summed E-state index contributed by atoms with van der Waals surface area (Å²) in [5.74, 6) is 1.56. The van der Waals surface area contributed by atoms with Crippen LogP contribution in [0.15, 0.2) is 18.2 Å². The van der Waals surface area contributed by atoms with Crippen LogP contribution in [0.5, 0.6) is 11.5 Å². The molecular weight excluding hydrogens is 246 g/mol. The SMILES string of the molecule is COc1ccc(-c2nn(C)c(N)c2C=O)c(OC)c1. The number of carbonyl (C=O) groups excluding carboxylic acids is 1. The molecule has 6 nitrogen and oxygen atoms in total. The lowest BCUT2D eigenvalue weighted by Gasteiger charge is -2.08. The first-order chi connectivity index (χ1) is 9.12. The number of nitrogens with two attached hydrogens (primary N) is 1. The van der Waals surface area contributed by atoms with Gasteiger partial charge in [-0.3, -0.25) is 9.48 Å². The molecule has 19 heavy (non-hydrogen) atoms. The highest BCUT2D eigenvalue weighted by molar-refractivity contribution is 5.92. The average molecular weight is 261 g/mol. The van der Waals surface area contributed by atoms with Crippen molar-refractivity contribution in [1.29, 1.82) is 0 Å². The van der Waals surface area contributed by atoms with E-state index in [-0.39, 0.29) is 0 Å². The van der Waals surface area contributed by atoms with Gasteiger partial charge in [-0.1, -0.05) is 0 Å². The van der Waals surface area contributed by atoms with E-state index < -0.39 is 0 Å². The molecule has 0 atom stereocenters. The molecule has 2 N–H and O–H groups in total. The van der Waals surface area contributed by atoms with Gasteiger partial charge < -0.3 is 15.2 Å². The second-order valence-corrected chi connectivity index (χ2v) is 3.96. The Morgan fingerprint density at radius 2 is 2.05 bits per heavy atom. The zero-order chi connectivity index (χ0) is 14.0. The van der Waals surface area contributed by atoms with E-state index in [1.807, 2.05) is 0 Å². The summed E-state index contributed by atoms with van der Waals surface area (Å²) in [6.07, 6.45) is 0.696. The summed E-state index contributed by atoms with van der Waals surface area (Å²) in [6, 6.07) is 5.29.